The Balaban J connectivity index is 1.93. The van der Waals surface area contributed by atoms with Crippen LogP contribution in [0.4, 0.5) is 0 Å². The Morgan fingerprint density at radius 3 is 2.35 bits per heavy atom. The molecule has 0 saturated heterocycles. The van der Waals surface area contributed by atoms with Gasteiger partial charge in [0.25, 0.3) is 0 Å². The van der Waals surface area contributed by atoms with Crippen LogP contribution in [0, 0.1) is 6.92 Å². The first-order valence-corrected chi connectivity index (χ1v) is 6.87. The molecule has 20 heavy (non-hydrogen) atoms. The molecule has 2 heteroatoms. The van der Waals surface area contributed by atoms with E-state index in [1.807, 2.05) is 36.4 Å². The quantitative estimate of drug-likeness (QED) is 0.875. The average molecular weight is 267 g/mol. The Morgan fingerprint density at radius 1 is 1.05 bits per heavy atom. The van der Waals surface area contributed by atoms with Crippen LogP contribution in [-0.4, -0.2) is 17.3 Å². The van der Waals surface area contributed by atoms with Crippen molar-refractivity contribution in [1.29, 1.82) is 0 Å². The molecular formula is C18H21NO. The van der Waals surface area contributed by atoms with Crippen LogP contribution in [0.25, 0.3) is 6.08 Å². The van der Waals surface area contributed by atoms with Crippen molar-refractivity contribution in [3.63, 3.8) is 0 Å². The van der Waals surface area contributed by atoms with Crippen molar-refractivity contribution in [3.05, 3.63) is 77.4 Å². The first-order chi connectivity index (χ1) is 9.65. The van der Waals surface area contributed by atoms with E-state index in [1.54, 1.807) is 6.08 Å². The number of nitrogens with two attached hydrogens (primary N) is 1. The minimum Gasteiger partial charge on any atom is -0.387 e. The van der Waals surface area contributed by atoms with E-state index in [4.69, 9.17) is 5.73 Å². The van der Waals surface area contributed by atoms with Crippen LogP contribution < -0.4 is 5.73 Å². The molecule has 2 aromatic carbocycles. The molecule has 2 aromatic rings. The van der Waals surface area contributed by atoms with E-state index in [-0.39, 0.29) is 6.04 Å². The normalized spacial score (nSPS) is 14.3. The number of hydrogen-bond acceptors (Lipinski definition) is 2. The molecular weight excluding hydrogens is 246 g/mol. The first-order valence-electron chi connectivity index (χ1n) is 6.87. The molecule has 0 amide bonds. The van der Waals surface area contributed by atoms with Crippen LogP contribution >= 0.6 is 0 Å². The predicted octanol–water partition coefficient (Wildman–Crippen LogP) is 2.94. The van der Waals surface area contributed by atoms with Gasteiger partial charge in [-0.3, -0.25) is 0 Å². The molecule has 0 aliphatic heterocycles. The van der Waals surface area contributed by atoms with Gasteiger partial charge in [0.05, 0.1) is 6.10 Å². The largest absolute Gasteiger partial charge is 0.387 e. The zero-order chi connectivity index (χ0) is 14.4. The van der Waals surface area contributed by atoms with Crippen LogP contribution in [0.1, 0.15) is 16.7 Å². The van der Waals surface area contributed by atoms with E-state index >= 15 is 0 Å². The van der Waals surface area contributed by atoms with Crippen molar-refractivity contribution in [3.8, 4) is 0 Å². The Morgan fingerprint density at radius 2 is 1.70 bits per heavy atom. The van der Waals surface area contributed by atoms with Crippen LogP contribution in [-0.2, 0) is 6.42 Å². The minimum atomic E-state index is -0.642. The van der Waals surface area contributed by atoms with Gasteiger partial charge in [0.2, 0.25) is 0 Å². The van der Waals surface area contributed by atoms with Crippen LogP contribution in [0.2, 0.25) is 0 Å². The Bertz CT molecular complexity index is 545. The lowest BCUT2D eigenvalue weighted by atomic mass is 10.0. The third-order valence-electron chi connectivity index (χ3n) is 3.32. The second-order valence-corrected chi connectivity index (χ2v) is 5.11. The summed E-state index contributed by atoms with van der Waals surface area (Å²) in [6, 6.07) is 17.9. The van der Waals surface area contributed by atoms with Gasteiger partial charge in [-0.05, 0) is 24.5 Å². The van der Waals surface area contributed by atoms with E-state index < -0.39 is 6.10 Å². The molecule has 0 bridgehead atoms. The van der Waals surface area contributed by atoms with E-state index in [0.717, 1.165) is 11.1 Å². The molecule has 2 nitrogen and oxygen atoms in total. The summed E-state index contributed by atoms with van der Waals surface area (Å²) in [7, 11) is 0. The van der Waals surface area contributed by atoms with E-state index in [2.05, 4.69) is 31.2 Å². The smallest absolute Gasteiger partial charge is 0.0878 e. The third kappa shape index (κ3) is 4.34. The fraction of sp³-hybridized carbons (Fsp3) is 0.222. The molecule has 2 atom stereocenters. The summed E-state index contributed by atoms with van der Waals surface area (Å²) in [5, 5.41) is 10.1. The zero-order valence-electron chi connectivity index (χ0n) is 11.7. The molecule has 3 N–H and O–H groups in total. The molecule has 0 aromatic heterocycles. The number of hydrogen-bond donors (Lipinski definition) is 2. The second kappa shape index (κ2) is 7.04. The highest BCUT2D eigenvalue weighted by Gasteiger charge is 2.12. The summed E-state index contributed by atoms with van der Waals surface area (Å²) in [6.45, 7) is 2.06. The van der Waals surface area contributed by atoms with Gasteiger partial charge in [-0.2, -0.15) is 0 Å². The lowest BCUT2D eigenvalue weighted by Crippen LogP contribution is -2.35. The zero-order valence-corrected chi connectivity index (χ0v) is 11.7. The summed E-state index contributed by atoms with van der Waals surface area (Å²) in [6.07, 6.45) is 3.69. The van der Waals surface area contributed by atoms with Gasteiger partial charge in [0, 0.05) is 6.04 Å². The minimum absolute atomic E-state index is 0.294. The number of aliphatic hydroxyl groups is 1. The standard InChI is InChI=1S/C18H21NO/c1-14-7-9-16(10-8-14)13-17(19)18(20)12-11-15-5-3-2-4-6-15/h2-12,17-18,20H,13,19H2,1H3/b12-11+. The average Bonchev–Trinajstić information content (AvgIpc) is 2.48. The van der Waals surface area contributed by atoms with Crippen molar-refractivity contribution >= 4 is 6.08 Å². The van der Waals surface area contributed by atoms with Crippen molar-refractivity contribution in [2.45, 2.75) is 25.5 Å². The SMILES string of the molecule is Cc1ccc(CC(N)C(O)/C=C/c2ccccc2)cc1. The van der Waals surface area contributed by atoms with Gasteiger partial charge >= 0.3 is 0 Å². The molecule has 104 valence electrons. The number of rotatable bonds is 5. The van der Waals surface area contributed by atoms with Gasteiger partial charge in [0.1, 0.15) is 0 Å². The van der Waals surface area contributed by atoms with Crippen molar-refractivity contribution in [1.82, 2.24) is 0 Å². The van der Waals surface area contributed by atoms with Crippen molar-refractivity contribution < 1.29 is 5.11 Å². The second-order valence-electron chi connectivity index (χ2n) is 5.11. The monoisotopic (exact) mass is 267 g/mol. The molecule has 2 rings (SSSR count). The third-order valence-corrected chi connectivity index (χ3v) is 3.32. The van der Waals surface area contributed by atoms with Crippen LogP contribution in [0.3, 0.4) is 0 Å². The summed E-state index contributed by atoms with van der Waals surface area (Å²) in [4.78, 5) is 0. The maximum atomic E-state index is 10.1. The van der Waals surface area contributed by atoms with Crippen LogP contribution in [0.15, 0.2) is 60.7 Å². The highest BCUT2D eigenvalue weighted by Crippen LogP contribution is 2.09. The lowest BCUT2D eigenvalue weighted by Gasteiger charge is -2.15. The number of aryl methyl sites for hydroxylation is 1. The van der Waals surface area contributed by atoms with E-state index in [0.29, 0.717) is 6.42 Å². The molecule has 0 spiro atoms. The van der Waals surface area contributed by atoms with Crippen molar-refractivity contribution in [2.75, 3.05) is 0 Å². The highest BCUT2D eigenvalue weighted by atomic mass is 16.3. The Hall–Kier alpha value is -1.90. The molecule has 0 aliphatic rings. The molecule has 0 fully saturated rings. The summed E-state index contributed by atoms with van der Waals surface area (Å²) in [5.74, 6) is 0. The molecule has 0 saturated carbocycles. The Labute approximate surface area is 120 Å². The maximum absolute atomic E-state index is 10.1. The highest BCUT2D eigenvalue weighted by molar-refractivity contribution is 5.49. The Kier molecular flexibility index (Phi) is 5.10. The summed E-state index contributed by atoms with van der Waals surface area (Å²) < 4.78 is 0. The summed E-state index contributed by atoms with van der Waals surface area (Å²) >= 11 is 0. The molecule has 0 heterocycles. The topological polar surface area (TPSA) is 46.2 Å². The number of benzene rings is 2. The fourth-order valence-corrected chi connectivity index (χ4v) is 2.03. The van der Waals surface area contributed by atoms with Gasteiger partial charge < -0.3 is 10.8 Å². The van der Waals surface area contributed by atoms with Crippen LogP contribution in [0.5, 0.6) is 0 Å². The van der Waals surface area contributed by atoms with Gasteiger partial charge in [0.15, 0.2) is 0 Å². The number of aliphatic hydroxyl groups excluding tert-OH is 1. The van der Waals surface area contributed by atoms with Gasteiger partial charge in [-0.15, -0.1) is 0 Å². The van der Waals surface area contributed by atoms with Crippen molar-refractivity contribution in [2.24, 2.45) is 5.73 Å². The predicted molar refractivity (Wildman–Crippen MR) is 84.3 cm³/mol. The van der Waals surface area contributed by atoms with E-state index in [9.17, 15) is 5.11 Å². The maximum Gasteiger partial charge on any atom is 0.0878 e. The van der Waals surface area contributed by atoms with Gasteiger partial charge in [-0.25, -0.2) is 0 Å². The molecule has 0 radical (unpaired) electrons. The molecule has 0 aliphatic carbocycles. The fourth-order valence-electron chi connectivity index (χ4n) is 2.03. The van der Waals surface area contributed by atoms with E-state index in [1.165, 1.54) is 5.56 Å². The first kappa shape index (κ1) is 14.5. The lowest BCUT2D eigenvalue weighted by molar-refractivity contribution is 0.191. The van der Waals surface area contributed by atoms with Gasteiger partial charge in [-0.1, -0.05) is 72.3 Å². The molecule has 2 unspecified atom stereocenters. The summed E-state index contributed by atoms with van der Waals surface area (Å²) in [5.41, 5.74) is 9.49.